The molecule has 0 saturated carbocycles. The first-order valence-corrected chi connectivity index (χ1v) is 7.47. The van der Waals surface area contributed by atoms with Crippen LogP contribution in [0.15, 0.2) is 23.2 Å². The van der Waals surface area contributed by atoms with E-state index in [4.69, 9.17) is 4.52 Å². The molecule has 0 aromatic carbocycles. The lowest BCUT2D eigenvalue weighted by atomic mass is 9.98. The molecular formula is C14H20N6O2. The van der Waals surface area contributed by atoms with Crippen molar-refractivity contribution in [2.45, 2.75) is 26.3 Å². The van der Waals surface area contributed by atoms with Crippen LogP contribution in [0.2, 0.25) is 0 Å². The fourth-order valence-corrected chi connectivity index (χ4v) is 2.85. The summed E-state index contributed by atoms with van der Waals surface area (Å²) in [5.74, 6) is 1.59. The number of hydrogen-bond donors (Lipinski definition) is 1. The SMILES string of the molecule is Cc1cc(NC(=O)CN2CCC[C@H](Cn3cncn3)C2)no1. The second-order valence-corrected chi connectivity index (χ2v) is 5.73. The van der Waals surface area contributed by atoms with Crippen molar-refractivity contribution >= 4 is 11.7 Å². The van der Waals surface area contributed by atoms with Crippen LogP contribution in [0.4, 0.5) is 5.82 Å². The van der Waals surface area contributed by atoms with Gasteiger partial charge in [0.25, 0.3) is 0 Å². The number of aromatic nitrogens is 4. The van der Waals surface area contributed by atoms with E-state index in [0.29, 0.717) is 24.0 Å². The van der Waals surface area contributed by atoms with Crippen molar-refractivity contribution in [2.75, 3.05) is 25.0 Å². The van der Waals surface area contributed by atoms with E-state index in [0.717, 1.165) is 32.5 Å². The Bertz CT molecular complexity index is 609. The van der Waals surface area contributed by atoms with Crippen molar-refractivity contribution < 1.29 is 9.32 Å². The minimum absolute atomic E-state index is 0.0605. The van der Waals surface area contributed by atoms with E-state index >= 15 is 0 Å². The first-order chi connectivity index (χ1) is 10.7. The Morgan fingerprint density at radius 3 is 3.18 bits per heavy atom. The molecule has 3 rings (SSSR count). The van der Waals surface area contributed by atoms with Gasteiger partial charge in [-0.1, -0.05) is 5.16 Å². The molecule has 22 heavy (non-hydrogen) atoms. The molecule has 0 aliphatic carbocycles. The highest BCUT2D eigenvalue weighted by atomic mass is 16.5. The Balaban J connectivity index is 1.48. The van der Waals surface area contributed by atoms with Gasteiger partial charge >= 0.3 is 0 Å². The fraction of sp³-hybridized carbons (Fsp3) is 0.571. The van der Waals surface area contributed by atoms with Gasteiger partial charge in [-0.25, -0.2) is 4.98 Å². The third-order valence-corrected chi connectivity index (χ3v) is 3.78. The van der Waals surface area contributed by atoms with Crippen LogP contribution >= 0.6 is 0 Å². The van der Waals surface area contributed by atoms with Crippen LogP contribution in [0.5, 0.6) is 0 Å². The number of piperidine rings is 1. The number of hydrogen-bond acceptors (Lipinski definition) is 6. The molecule has 1 N–H and O–H groups in total. The largest absolute Gasteiger partial charge is 0.360 e. The molecule has 2 aromatic rings. The quantitative estimate of drug-likeness (QED) is 0.883. The molecule has 0 unspecified atom stereocenters. The van der Waals surface area contributed by atoms with E-state index in [1.807, 2.05) is 4.68 Å². The Morgan fingerprint density at radius 2 is 2.45 bits per heavy atom. The van der Waals surface area contributed by atoms with E-state index in [9.17, 15) is 4.79 Å². The van der Waals surface area contributed by atoms with Gasteiger partial charge in [0, 0.05) is 19.2 Å². The van der Waals surface area contributed by atoms with E-state index < -0.39 is 0 Å². The summed E-state index contributed by atoms with van der Waals surface area (Å²) in [6.45, 7) is 4.85. The summed E-state index contributed by atoms with van der Waals surface area (Å²) in [5, 5.41) is 10.7. The summed E-state index contributed by atoms with van der Waals surface area (Å²) in [6.07, 6.45) is 5.53. The van der Waals surface area contributed by atoms with Gasteiger partial charge in [-0.05, 0) is 32.2 Å². The van der Waals surface area contributed by atoms with Crippen LogP contribution in [0.1, 0.15) is 18.6 Å². The lowest BCUT2D eigenvalue weighted by Gasteiger charge is -2.31. The highest BCUT2D eigenvalue weighted by Gasteiger charge is 2.22. The summed E-state index contributed by atoms with van der Waals surface area (Å²) in [5.41, 5.74) is 0. The standard InChI is InChI=1S/C14H20N6O2/c1-11-5-13(18-22-11)17-14(21)8-19-4-2-3-12(6-19)7-20-10-15-9-16-20/h5,9-10,12H,2-4,6-8H2,1H3,(H,17,18,21)/t12-/m0/s1. The molecule has 3 heterocycles. The molecule has 0 radical (unpaired) electrons. The normalized spacial score (nSPS) is 19.2. The van der Waals surface area contributed by atoms with Gasteiger partial charge in [0.15, 0.2) is 5.82 Å². The summed E-state index contributed by atoms with van der Waals surface area (Å²) in [7, 11) is 0. The van der Waals surface area contributed by atoms with Crippen molar-refractivity contribution in [1.82, 2.24) is 24.8 Å². The van der Waals surface area contributed by atoms with E-state index in [2.05, 4.69) is 25.5 Å². The zero-order valence-electron chi connectivity index (χ0n) is 12.6. The van der Waals surface area contributed by atoms with Gasteiger partial charge in [0.2, 0.25) is 5.91 Å². The number of aryl methyl sites for hydroxylation is 1. The molecular weight excluding hydrogens is 284 g/mol. The topological polar surface area (TPSA) is 89.1 Å². The van der Waals surface area contributed by atoms with Crippen molar-refractivity contribution in [2.24, 2.45) is 5.92 Å². The highest BCUT2D eigenvalue weighted by molar-refractivity contribution is 5.91. The molecule has 1 atom stereocenters. The fourth-order valence-electron chi connectivity index (χ4n) is 2.85. The second kappa shape index (κ2) is 6.69. The lowest BCUT2D eigenvalue weighted by molar-refractivity contribution is -0.117. The second-order valence-electron chi connectivity index (χ2n) is 5.73. The monoisotopic (exact) mass is 304 g/mol. The van der Waals surface area contributed by atoms with Gasteiger partial charge in [-0.15, -0.1) is 0 Å². The van der Waals surface area contributed by atoms with Crippen LogP contribution in [0, 0.1) is 12.8 Å². The van der Waals surface area contributed by atoms with E-state index in [-0.39, 0.29) is 5.91 Å². The lowest BCUT2D eigenvalue weighted by Crippen LogP contribution is -2.41. The predicted octanol–water partition coefficient (Wildman–Crippen LogP) is 0.925. The summed E-state index contributed by atoms with van der Waals surface area (Å²) < 4.78 is 6.79. The molecule has 1 fully saturated rings. The van der Waals surface area contributed by atoms with Crippen molar-refractivity contribution in [1.29, 1.82) is 0 Å². The number of nitrogens with one attached hydrogen (secondary N) is 1. The van der Waals surface area contributed by atoms with E-state index in [1.54, 1.807) is 25.6 Å². The molecule has 1 aliphatic heterocycles. The Morgan fingerprint density at radius 1 is 1.55 bits per heavy atom. The summed E-state index contributed by atoms with van der Waals surface area (Å²) in [4.78, 5) is 18.2. The molecule has 2 aromatic heterocycles. The molecule has 1 aliphatic rings. The minimum atomic E-state index is -0.0605. The number of anilines is 1. The maximum Gasteiger partial charge on any atom is 0.239 e. The van der Waals surface area contributed by atoms with Gasteiger partial charge in [0.05, 0.1) is 6.54 Å². The predicted molar refractivity (Wildman–Crippen MR) is 79.1 cm³/mol. The van der Waals surface area contributed by atoms with Gasteiger partial charge in [-0.3, -0.25) is 14.4 Å². The van der Waals surface area contributed by atoms with Crippen LogP contribution < -0.4 is 5.32 Å². The average molecular weight is 304 g/mol. The van der Waals surface area contributed by atoms with Crippen LogP contribution in [0.3, 0.4) is 0 Å². The van der Waals surface area contributed by atoms with Crippen LogP contribution in [-0.4, -0.2) is 50.4 Å². The van der Waals surface area contributed by atoms with Crippen LogP contribution in [-0.2, 0) is 11.3 Å². The Kier molecular flexibility index (Phi) is 4.47. The number of carbonyl (C=O) groups is 1. The Labute approximate surface area is 128 Å². The van der Waals surface area contributed by atoms with Crippen molar-refractivity contribution in [3.05, 3.63) is 24.5 Å². The number of rotatable bonds is 5. The number of nitrogens with zero attached hydrogens (tertiary/aromatic N) is 5. The summed E-state index contributed by atoms with van der Waals surface area (Å²) >= 11 is 0. The maximum atomic E-state index is 12.1. The zero-order valence-corrected chi connectivity index (χ0v) is 12.6. The van der Waals surface area contributed by atoms with Crippen LogP contribution in [0.25, 0.3) is 0 Å². The van der Waals surface area contributed by atoms with Gasteiger partial charge in [0.1, 0.15) is 18.4 Å². The van der Waals surface area contributed by atoms with E-state index in [1.165, 1.54) is 0 Å². The third kappa shape index (κ3) is 3.91. The number of likely N-dealkylation sites (tertiary alicyclic amines) is 1. The van der Waals surface area contributed by atoms with Crippen molar-refractivity contribution in [3.8, 4) is 0 Å². The average Bonchev–Trinajstić information content (AvgIpc) is 3.11. The highest BCUT2D eigenvalue weighted by Crippen LogP contribution is 2.18. The third-order valence-electron chi connectivity index (χ3n) is 3.78. The number of carbonyl (C=O) groups excluding carboxylic acids is 1. The van der Waals surface area contributed by atoms with Crippen molar-refractivity contribution in [3.63, 3.8) is 0 Å². The zero-order chi connectivity index (χ0) is 15.4. The Hall–Kier alpha value is -2.22. The molecule has 0 spiro atoms. The number of amides is 1. The molecule has 1 saturated heterocycles. The summed E-state index contributed by atoms with van der Waals surface area (Å²) in [6, 6.07) is 1.71. The minimum Gasteiger partial charge on any atom is -0.360 e. The first-order valence-electron chi connectivity index (χ1n) is 7.47. The molecule has 8 nitrogen and oxygen atoms in total. The van der Waals surface area contributed by atoms with Gasteiger partial charge in [-0.2, -0.15) is 5.10 Å². The maximum absolute atomic E-state index is 12.1. The first kappa shape index (κ1) is 14.7. The molecule has 0 bridgehead atoms. The van der Waals surface area contributed by atoms with Gasteiger partial charge < -0.3 is 9.84 Å². The molecule has 118 valence electrons. The molecule has 1 amide bonds. The molecule has 8 heteroatoms. The smallest absolute Gasteiger partial charge is 0.239 e.